The Morgan fingerprint density at radius 2 is 2.00 bits per heavy atom. The van der Waals surface area contributed by atoms with Crippen LogP contribution < -0.4 is 0 Å². The molecule has 0 radical (unpaired) electrons. The van der Waals surface area contributed by atoms with E-state index < -0.39 is 3.79 Å². The Balaban J connectivity index is 3.12. The molecule has 0 atom stereocenters. The second-order valence-electron chi connectivity index (χ2n) is 2.25. The van der Waals surface area contributed by atoms with E-state index in [0.717, 1.165) is 0 Å². The molecule has 0 aromatic heterocycles. The number of rotatable bonds is 1. The molecule has 0 unspecified atom stereocenters. The van der Waals surface area contributed by atoms with Crippen LogP contribution in [0, 0.1) is 0 Å². The first-order valence-electron chi connectivity index (χ1n) is 3.29. The highest BCUT2D eigenvalue weighted by Gasteiger charge is 2.22. The summed E-state index contributed by atoms with van der Waals surface area (Å²) in [5.74, 6) is 0. The van der Waals surface area contributed by atoms with E-state index in [4.69, 9.17) is 34.8 Å². The highest BCUT2D eigenvalue weighted by Crippen LogP contribution is 2.39. The first-order valence-corrected chi connectivity index (χ1v) is 4.42. The van der Waals surface area contributed by atoms with Gasteiger partial charge in [0.05, 0.1) is 5.69 Å². The fourth-order valence-corrected chi connectivity index (χ4v) is 1.16. The highest BCUT2D eigenvalue weighted by atomic mass is 35.6. The molecule has 0 saturated carbocycles. The van der Waals surface area contributed by atoms with Crippen molar-refractivity contribution in [1.82, 2.24) is 0 Å². The van der Waals surface area contributed by atoms with Gasteiger partial charge in [-0.1, -0.05) is 46.9 Å². The molecular weight excluding hydrogens is 232 g/mol. The average Bonchev–Trinajstić information content (AvgIpc) is 2.04. The number of hydrogen-bond acceptors (Lipinski definition) is 2. The monoisotopic (exact) mass is 235 g/mol. The summed E-state index contributed by atoms with van der Waals surface area (Å²) in [5, 5.41) is 0. The molecule has 2 nitrogen and oxygen atoms in total. The van der Waals surface area contributed by atoms with Crippen LogP contribution in [0.15, 0.2) is 29.3 Å². The van der Waals surface area contributed by atoms with Gasteiger partial charge in [0.15, 0.2) is 0 Å². The molecule has 0 aliphatic heterocycles. The van der Waals surface area contributed by atoms with Gasteiger partial charge in [0.25, 0.3) is 0 Å². The van der Waals surface area contributed by atoms with Crippen LogP contribution in [0.5, 0.6) is 0 Å². The Morgan fingerprint density at radius 1 is 1.31 bits per heavy atom. The van der Waals surface area contributed by atoms with Crippen molar-refractivity contribution in [2.24, 2.45) is 4.99 Å². The molecular formula is C8H4Cl3NO. The first-order chi connectivity index (χ1) is 6.04. The molecule has 0 amide bonds. The summed E-state index contributed by atoms with van der Waals surface area (Å²) < 4.78 is -1.49. The number of halogens is 3. The number of benzene rings is 1. The molecule has 0 bridgehead atoms. The van der Waals surface area contributed by atoms with E-state index in [1.165, 1.54) is 12.1 Å². The van der Waals surface area contributed by atoms with Gasteiger partial charge in [-0.3, -0.25) is 0 Å². The number of isocyanates is 1. The van der Waals surface area contributed by atoms with Gasteiger partial charge < -0.3 is 0 Å². The van der Waals surface area contributed by atoms with Gasteiger partial charge >= 0.3 is 0 Å². The smallest absolute Gasteiger partial charge is 0.211 e. The van der Waals surface area contributed by atoms with Gasteiger partial charge in [0, 0.05) is 5.56 Å². The zero-order chi connectivity index (χ0) is 9.90. The molecule has 68 valence electrons. The van der Waals surface area contributed by atoms with Crippen LogP contribution in [0.3, 0.4) is 0 Å². The molecule has 0 saturated heterocycles. The van der Waals surface area contributed by atoms with Crippen molar-refractivity contribution in [2.45, 2.75) is 3.79 Å². The van der Waals surface area contributed by atoms with Crippen LogP contribution >= 0.6 is 34.8 Å². The van der Waals surface area contributed by atoms with Gasteiger partial charge in [-0.15, -0.1) is 0 Å². The summed E-state index contributed by atoms with van der Waals surface area (Å²) >= 11 is 16.9. The van der Waals surface area contributed by atoms with Gasteiger partial charge in [-0.25, -0.2) is 4.79 Å². The molecule has 0 heterocycles. The molecule has 13 heavy (non-hydrogen) atoms. The topological polar surface area (TPSA) is 29.4 Å². The van der Waals surface area contributed by atoms with Gasteiger partial charge in [-0.05, 0) is 12.1 Å². The van der Waals surface area contributed by atoms with Gasteiger partial charge in [0.2, 0.25) is 9.87 Å². The third-order valence-corrected chi connectivity index (χ3v) is 2.00. The predicted octanol–water partition coefficient (Wildman–Crippen LogP) is 3.48. The van der Waals surface area contributed by atoms with E-state index in [1.807, 2.05) is 0 Å². The van der Waals surface area contributed by atoms with Crippen molar-refractivity contribution < 1.29 is 4.79 Å². The van der Waals surface area contributed by atoms with Crippen molar-refractivity contribution in [3.05, 3.63) is 29.8 Å². The lowest BCUT2D eigenvalue weighted by atomic mass is 10.2. The van der Waals surface area contributed by atoms with Crippen LogP contribution in [0.2, 0.25) is 0 Å². The molecule has 1 aromatic rings. The van der Waals surface area contributed by atoms with Crippen LogP contribution in [-0.4, -0.2) is 6.08 Å². The van der Waals surface area contributed by atoms with Crippen molar-refractivity contribution in [2.75, 3.05) is 0 Å². The molecule has 0 aliphatic rings. The van der Waals surface area contributed by atoms with E-state index in [-0.39, 0.29) is 0 Å². The molecule has 0 N–H and O–H groups in total. The van der Waals surface area contributed by atoms with Crippen molar-refractivity contribution >= 4 is 46.6 Å². The third-order valence-electron chi connectivity index (χ3n) is 1.35. The number of aliphatic imine (C=N–C) groups is 1. The third kappa shape index (κ3) is 3.02. The van der Waals surface area contributed by atoms with Crippen LogP contribution in [-0.2, 0) is 8.59 Å². The molecule has 0 fully saturated rings. The maximum absolute atomic E-state index is 9.94. The van der Waals surface area contributed by atoms with E-state index in [9.17, 15) is 4.79 Å². The van der Waals surface area contributed by atoms with Crippen LogP contribution in [0.4, 0.5) is 5.69 Å². The Labute approximate surface area is 90.1 Å². The largest absolute Gasteiger partial charge is 0.240 e. The average molecular weight is 236 g/mol. The Hall–Kier alpha value is -0.530. The Morgan fingerprint density at radius 3 is 2.54 bits per heavy atom. The highest BCUT2D eigenvalue weighted by molar-refractivity contribution is 6.66. The second-order valence-corrected chi connectivity index (χ2v) is 4.53. The molecule has 0 spiro atoms. The van der Waals surface area contributed by atoms with Gasteiger partial charge in [-0.2, -0.15) is 4.99 Å². The van der Waals surface area contributed by atoms with E-state index in [2.05, 4.69) is 4.99 Å². The lowest BCUT2D eigenvalue weighted by molar-refractivity contribution is 0.565. The minimum Gasteiger partial charge on any atom is -0.211 e. The zero-order valence-corrected chi connectivity index (χ0v) is 8.57. The Bertz CT molecular complexity index is 353. The number of carbonyl (C=O) groups excluding carboxylic acids is 1. The summed E-state index contributed by atoms with van der Waals surface area (Å²) in [6.07, 6.45) is 1.41. The summed E-state index contributed by atoms with van der Waals surface area (Å²) in [7, 11) is 0. The van der Waals surface area contributed by atoms with Crippen molar-refractivity contribution in [3.8, 4) is 0 Å². The summed E-state index contributed by atoms with van der Waals surface area (Å²) in [4.78, 5) is 13.3. The van der Waals surface area contributed by atoms with Crippen LogP contribution in [0.25, 0.3) is 0 Å². The first kappa shape index (κ1) is 10.6. The molecule has 1 aromatic carbocycles. The maximum Gasteiger partial charge on any atom is 0.240 e. The summed E-state index contributed by atoms with van der Waals surface area (Å²) in [6, 6.07) is 6.41. The quantitative estimate of drug-likeness (QED) is 0.417. The Kier molecular flexibility index (Phi) is 3.34. The molecule has 5 heteroatoms. The fraction of sp³-hybridized carbons (Fsp3) is 0.125. The number of hydrogen-bond donors (Lipinski definition) is 0. The maximum atomic E-state index is 9.94. The normalized spacial score (nSPS) is 10.7. The summed E-state index contributed by atoms with van der Waals surface area (Å²) in [6.45, 7) is 0. The van der Waals surface area contributed by atoms with E-state index in [1.54, 1.807) is 18.2 Å². The minimum absolute atomic E-state index is 0.416. The zero-order valence-electron chi connectivity index (χ0n) is 6.30. The number of alkyl halides is 3. The van der Waals surface area contributed by atoms with Gasteiger partial charge in [0.1, 0.15) is 0 Å². The molecule has 0 aliphatic carbocycles. The molecule has 1 rings (SSSR count). The lowest BCUT2D eigenvalue weighted by Crippen LogP contribution is -1.98. The number of nitrogens with zero attached hydrogens (tertiary/aromatic N) is 1. The predicted molar refractivity (Wildman–Crippen MR) is 53.5 cm³/mol. The minimum atomic E-state index is -1.49. The second kappa shape index (κ2) is 4.12. The van der Waals surface area contributed by atoms with Crippen LogP contribution in [0.1, 0.15) is 5.56 Å². The van der Waals surface area contributed by atoms with E-state index >= 15 is 0 Å². The standard InChI is InChI=1S/C8H4Cl3NO/c9-8(10,11)6-2-1-3-7(4-6)12-5-13/h1-4H. The van der Waals surface area contributed by atoms with E-state index in [0.29, 0.717) is 11.3 Å². The lowest BCUT2D eigenvalue weighted by Gasteiger charge is -2.10. The SMILES string of the molecule is O=C=Nc1cccc(C(Cl)(Cl)Cl)c1. The van der Waals surface area contributed by atoms with Crippen molar-refractivity contribution in [1.29, 1.82) is 0 Å². The summed E-state index contributed by atoms with van der Waals surface area (Å²) in [5.41, 5.74) is 0.882. The fourth-order valence-electron chi connectivity index (χ4n) is 0.804. The van der Waals surface area contributed by atoms with Crippen molar-refractivity contribution in [3.63, 3.8) is 0 Å².